The van der Waals surface area contributed by atoms with Crippen molar-refractivity contribution in [1.82, 2.24) is 5.32 Å². The molecule has 2 aliphatic rings. The maximum Gasteiger partial charge on any atom is 0.210 e. The molecule has 2 atom stereocenters. The predicted molar refractivity (Wildman–Crippen MR) is 83.6 cm³/mol. The van der Waals surface area contributed by atoms with Crippen LogP contribution in [0.15, 0.2) is 35.5 Å². The van der Waals surface area contributed by atoms with Crippen molar-refractivity contribution < 1.29 is 14.3 Å². The second-order valence-electron chi connectivity index (χ2n) is 6.60. The zero-order chi connectivity index (χ0) is 16.0. The summed E-state index contributed by atoms with van der Waals surface area (Å²) in [5.41, 5.74) is 1.86. The quantitative estimate of drug-likeness (QED) is 0.912. The van der Waals surface area contributed by atoms with Crippen LogP contribution in [-0.4, -0.2) is 23.9 Å². The van der Waals surface area contributed by atoms with E-state index in [0.717, 1.165) is 0 Å². The molecule has 4 nitrogen and oxygen atoms in total. The first-order valence-corrected chi connectivity index (χ1v) is 7.76. The summed E-state index contributed by atoms with van der Waals surface area (Å²) in [5.74, 6) is 0.120. The first-order valence-electron chi connectivity index (χ1n) is 7.76. The summed E-state index contributed by atoms with van der Waals surface area (Å²) in [5, 5.41) is 3.15. The molecule has 0 unspecified atom stereocenters. The van der Waals surface area contributed by atoms with E-state index in [1.165, 1.54) is 0 Å². The van der Waals surface area contributed by atoms with Crippen LogP contribution in [-0.2, 0) is 4.74 Å². The minimum atomic E-state index is -0.353. The van der Waals surface area contributed by atoms with Crippen LogP contribution in [0.5, 0.6) is 0 Å². The number of ketones is 2. The minimum Gasteiger partial charge on any atom is -0.356 e. The monoisotopic (exact) mass is 299 g/mol. The second-order valence-corrected chi connectivity index (χ2v) is 6.60. The van der Waals surface area contributed by atoms with Crippen LogP contribution in [0.25, 0.3) is 0 Å². The molecule has 1 aliphatic heterocycles. The molecular formula is C18H21NO3. The summed E-state index contributed by atoms with van der Waals surface area (Å²) in [7, 11) is 0. The number of carbonyl (C=O) groups excluding carboxylic acids is 2. The van der Waals surface area contributed by atoms with Gasteiger partial charge in [-0.25, -0.2) is 0 Å². The van der Waals surface area contributed by atoms with E-state index in [1.807, 2.05) is 27.7 Å². The lowest BCUT2D eigenvalue weighted by molar-refractivity contribution is -0.0615. The fraction of sp³-hybridized carbons (Fsp3) is 0.444. The highest BCUT2D eigenvalue weighted by Gasteiger charge is 2.42. The van der Waals surface area contributed by atoms with Crippen LogP contribution in [0, 0.1) is 11.8 Å². The van der Waals surface area contributed by atoms with Crippen LogP contribution in [0.1, 0.15) is 48.4 Å². The highest BCUT2D eigenvalue weighted by atomic mass is 16.5. The van der Waals surface area contributed by atoms with Crippen molar-refractivity contribution in [2.45, 2.75) is 40.0 Å². The number of rotatable bonds is 2. The summed E-state index contributed by atoms with van der Waals surface area (Å²) < 4.78 is 6.07. The van der Waals surface area contributed by atoms with E-state index in [0.29, 0.717) is 22.4 Å². The van der Waals surface area contributed by atoms with Crippen molar-refractivity contribution in [2.75, 3.05) is 0 Å². The molecule has 0 radical (unpaired) electrons. The Hall–Kier alpha value is -1.94. The Bertz CT molecular complexity index is 673. The van der Waals surface area contributed by atoms with Crippen molar-refractivity contribution >= 4 is 11.6 Å². The van der Waals surface area contributed by atoms with E-state index in [9.17, 15) is 9.59 Å². The highest BCUT2D eigenvalue weighted by molar-refractivity contribution is 6.27. The number of hydrogen-bond acceptors (Lipinski definition) is 4. The largest absolute Gasteiger partial charge is 0.356 e. The average Bonchev–Trinajstić information content (AvgIpc) is 2.51. The molecule has 0 saturated heterocycles. The first-order chi connectivity index (χ1) is 10.4. The zero-order valence-electron chi connectivity index (χ0n) is 13.3. The van der Waals surface area contributed by atoms with Crippen molar-refractivity contribution in [3.8, 4) is 0 Å². The van der Waals surface area contributed by atoms with Gasteiger partial charge in [0.05, 0.1) is 17.4 Å². The third-order valence-corrected chi connectivity index (χ3v) is 4.23. The molecule has 116 valence electrons. The lowest BCUT2D eigenvalue weighted by Crippen LogP contribution is -2.51. The Labute approximate surface area is 130 Å². The average molecular weight is 299 g/mol. The molecule has 1 N–H and O–H groups in total. The summed E-state index contributed by atoms with van der Waals surface area (Å²) in [6.45, 7) is 8.08. The summed E-state index contributed by atoms with van der Waals surface area (Å²) in [6.07, 6.45) is -0.610. The maximum absolute atomic E-state index is 12.9. The summed E-state index contributed by atoms with van der Waals surface area (Å²) in [4.78, 5) is 25.7. The van der Waals surface area contributed by atoms with Crippen molar-refractivity contribution in [3.63, 3.8) is 0 Å². The Morgan fingerprint density at radius 3 is 2.09 bits per heavy atom. The molecule has 0 bridgehead atoms. The molecule has 4 heteroatoms. The van der Waals surface area contributed by atoms with Gasteiger partial charge in [-0.05, 0) is 11.8 Å². The van der Waals surface area contributed by atoms with Gasteiger partial charge in [-0.15, -0.1) is 0 Å². The van der Waals surface area contributed by atoms with Crippen LogP contribution < -0.4 is 5.32 Å². The van der Waals surface area contributed by atoms with E-state index in [1.54, 1.807) is 24.3 Å². The predicted octanol–water partition coefficient (Wildman–Crippen LogP) is 2.95. The zero-order valence-corrected chi connectivity index (χ0v) is 13.3. The van der Waals surface area contributed by atoms with Gasteiger partial charge in [0.15, 0.2) is 5.78 Å². The normalized spacial score (nSPS) is 24.5. The molecule has 22 heavy (non-hydrogen) atoms. The minimum absolute atomic E-state index is 0.0985. The van der Waals surface area contributed by atoms with Crippen molar-refractivity contribution in [2.24, 2.45) is 11.8 Å². The van der Waals surface area contributed by atoms with Gasteiger partial charge < -0.3 is 10.1 Å². The third-order valence-electron chi connectivity index (χ3n) is 4.23. The molecule has 1 aromatic rings. The number of ether oxygens (including phenoxy) is 1. The Morgan fingerprint density at radius 1 is 0.955 bits per heavy atom. The number of carbonyl (C=O) groups is 2. The number of hydrogen-bond donors (Lipinski definition) is 1. The van der Waals surface area contributed by atoms with Crippen LogP contribution in [0.2, 0.25) is 0 Å². The standard InChI is InChI=1S/C18H21NO3/c1-9(2)17-13-14(19-18(22-17)10(3)4)16(21)12-8-6-5-7-11(12)15(13)20/h5-10,17-19H,1-4H3/t17-,18+/m1/s1. The number of nitrogens with one attached hydrogen (secondary N) is 1. The Morgan fingerprint density at radius 2 is 1.55 bits per heavy atom. The van der Waals surface area contributed by atoms with Gasteiger partial charge in [0.2, 0.25) is 5.78 Å². The van der Waals surface area contributed by atoms with Crippen molar-refractivity contribution in [3.05, 3.63) is 46.7 Å². The molecule has 1 heterocycles. The molecule has 0 aromatic heterocycles. The Balaban J connectivity index is 2.15. The van der Waals surface area contributed by atoms with E-state index in [-0.39, 0.29) is 35.7 Å². The van der Waals surface area contributed by atoms with Crippen LogP contribution in [0.3, 0.4) is 0 Å². The number of fused-ring (bicyclic) bond motifs is 1. The molecular weight excluding hydrogens is 278 g/mol. The van der Waals surface area contributed by atoms with Crippen molar-refractivity contribution in [1.29, 1.82) is 0 Å². The number of allylic oxidation sites excluding steroid dienone is 1. The maximum atomic E-state index is 12.9. The first kappa shape index (κ1) is 15.0. The van der Waals surface area contributed by atoms with Gasteiger partial charge in [-0.2, -0.15) is 0 Å². The molecule has 0 saturated carbocycles. The molecule has 0 spiro atoms. The van der Waals surface area contributed by atoms with Gasteiger partial charge >= 0.3 is 0 Å². The smallest absolute Gasteiger partial charge is 0.210 e. The van der Waals surface area contributed by atoms with E-state index in [2.05, 4.69) is 5.32 Å². The number of benzene rings is 1. The SMILES string of the molecule is CC(C)[C@H]1NC2=C(C(=O)c3ccccc3C2=O)[C@@H](C(C)C)O1. The molecule has 1 aliphatic carbocycles. The third kappa shape index (κ3) is 2.18. The Kier molecular flexibility index (Phi) is 3.65. The van der Waals surface area contributed by atoms with E-state index >= 15 is 0 Å². The van der Waals surface area contributed by atoms with E-state index in [4.69, 9.17) is 4.74 Å². The van der Waals surface area contributed by atoms with Crippen LogP contribution >= 0.6 is 0 Å². The second kappa shape index (κ2) is 5.36. The molecule has 3 rings (SSSR count). The molecule has 0 amide bonds. The fourth-order valence-corrected chi connectivity index (χ4v) is 3.03. The molecule has 1 aromatic carbocycles. The number of Topliss-reactive ketones (excluding diaryl/α,β-unsaturated/α-hetero) is 2. The highest BCUT2D eigenvalue weighted by Crippen LogP contribution is 2.35. The van der Waals surface area contributed by atoms with Gasteiger partial charge in [0.25, 0.3) is 0 Å². The van der Waals surface area contributed by atoms with E-state index < -0.39 is 0 Å². The lowest BCUT2D eigenvalue weighted by atomic mass is 9.81. The van der Waals surface area contributed by atoms with Gasteiger partial charge in [0, 0.05) is 11.1 Å². The fourth-order valence-electron chi connectivity index (χ4n) is 3.03. The summed E-state index contributed by atoms with van der Waals surface area (Å²) in [6, 6.07) is 7.00. The van der Waals surface area contributed by atoms with Crippen LogP contribution in [0.4, 0.5) is 0 Å². The topological polar surface area (TPSA) is 55.4 Å². The lowest BCUT2D eigenvalue weighted by Gasteiger charge is -2.39. The van der Waals surface area contributed by atoms with Gasteiger partial charge in [0.1, 0.15) is 6.23 Å². The molecule has 0 fully saturated rings. The van der Waals surface area contributed by atoms with Gasteiger partial charge in [-0.1, -0.05) is 52.0 Å². The summed E-state index contributed by atoms with van der Waals surface area (Å²) >= 11 is 0. The van der Waals surface area contributed by atoms with Gasteiger partial charge in [-0.3, -0.25) is 9.59 Å².